The third-order valence-electron chi connectivity index (χ3n) is 1.01. The van der Waals surface area contributed by atoms with Crippen molar-refractivity contribution in [2.45, 2.75) is 34.1 Å². The van der Waals surface area contributed by atoms with Gasteiger partial charge in [-0.05, 0) is 12.7 Å². The van der Waals surface area contributed by atoms with Crippen LogP contribution in [0.4, 0.5) is 0 Å². The molecular formula is C13H22S2. The zero-order valence-electron chi connectivity index (χ0n) is 10.2. The molecule has 2 heteroatoms. The number of hydrogen-bond donors (Lipinski definition) is 0. The Hall–Kier alpha value is -0.340. The van der Waals surface area contributed by atoms with Crippen LogP contribution in [-0.4, -0.2) is 9.95 Å². The molecule has 0 heterocycles. The minimum Gasteiger partial charge on any atom is -0.120 e. The van der Waals surface area contributed by atoms with Crippen LogP contribution in [0.1, 0.15) is 34.1 Å². The average molecular weight is 242 g/mol. The molecule has 0 radical (unpaired) electrons. The van der Waals surface area contributed by atoms with E-state index in [2.05, 4.69) is 20.8 Å². The summed E-state index contributed by atoms with van der Waals surface area (Å²) < 4.78 is 1.04. The Morgan fingerprint density at radius 1 is 0.933 bits per heavy atom. The molecule has 15 heavy (non-hydrogen) atoms. The molecule has 0 bridgehead atoms. The van der Waals surface area contributed by atoms with Crippen LogP contribution in [-0.2, 0) is 0 Å². The van der Waals surface area contributed by atoms with E-state index < -0.39 is 0 Å². The molecule has 0 atom stereocenters. The van der Waals surface area contributed by atoms with Crippen LogP contribution in [0.15, 0.2) is 36.4 Å². The van der Waals surface area contributed by atoms with Gasteiger partial charge in [-0.1, -0.05) is 75.8 Å². The van der Waals surface area contributed by atoms with Crippen LogP contribution in [0, 0.1) is 0 Å². The van der Waals surface area contributed by atoms with E-state index in [1.165, 1.54) is 6.42 Å². The van der Waals surface area contributed by atoms with Crippen LogP contribution in [0.5, 0.6) is 0 Å². The molecule has 0 N–H and O–H groups in total. The fourth-order valence-corrected chi connectivity index (χ4v) is 1.35. The molecule has 0 saturated heterocycles. The zero-order chi connectivity index (χ0) is 11.9. The quantitative estimate of drug-likeness (QED) is 0.622. The van der Waals surface area contributed by atoms with Crippen LogP contribution < -0.4 is 0 Å². The van der Waals surface area contributed by atoms with Gasteiger partial charge in [0.2, 0.25) is 0 Å². The fraction of sp³-hybridized carbons (Fsp3) is 0.462. The Labute approximate surface area is 104 Å². The van der Waals surface area contributed by atoms with Gasteiger partial charge < -0.3 is 0 Å². The molecule has 1 rings (SSSR count). The van der Waals surface area contributed by atoms with Gasteiger partial charge in [-0.15, -0.1) is 11.8 Å². The first-order valence-electron chi connectivity index (χ1n) is 5.32. The van der Waals surface area contributed by atoms with Gasteiger partial charge in [-0.2, -0.15) is 0 Å². The SMILES string of the molecule is CCC.CCSC(C)=S.c1ccccc1. The van der Waals surface area contributed by atoms with Crippen molar-refractivity contribution in [3.05, 3.63) is 36.4 Å². The molecular weight excluding hydrogens is 220 g/mol. The molecule has 1 aromatic carbocycles. The lowest BCUT2D eigenvalue weighted by atomic mass is 10.4. The lowest BCUT2D eigenvalue weighted by Crippen LogP contribution is -1.74. The van der Waals surface area contributed by atoms with Crippen molar-refractivity contribution < 1.29 is 0 Å². The van der Waals surface area contributed by atoms with E-state index in [-0.39, 0.29) is 0 Å². The Morgan fingerprint density at radius 3 is 1.27 bits per heavy atom. The Morgan fingerprint density at radius 2 is 1.20 bits per heavy atom. The van der Waals surface area contributed by atoms with E-state index in [1.54, 1.807) is 11.8 Å². The molecule has 0 fully saturated rings. The third kappa shape index (κ3) is 24.8. The highest BCUT2D eigenvalue weighted by atomic mass is 32.2. The predicted molar refractivity (Wildman–Crippen MR) is 78.8 cm³/mol. The molecule has 0 aliphatic heterocycles. The molecule has 0 aliphatic carbocycles. The maximum atomic E-state index is 4.76. The number of hydrogen-bond acceptors (Lipinski definition) is 2. The second-order valence-electron chi connectivity index (χ2n) is 2.79. The summed E-state index contributed by atoms with van der Waals surface area (Å²) in [6, 6.07) is 12.0. The average Bonchev–Trinajstić information content (AvgIpc) is 2.22. The maximum absolute atomic E-state index is 4.76. The Kier molecular flexibility index (Phi) is 18.3. The number of benzene rings is 1. The van der Waals surface area contributed by atoms with Crippen molar-refractivity contribution in [2.24, 2.45) is 0 Å². The largest absolute Gasteiger partial charge is 0.120 e. The summed E-state index contributed by atoms with van der Waals surface area (Å²) in [5.74, 6) is 1.11. The van der Waals surface area contributed by atoms with Crippen LogP contribution in [0.2, 0.25) is 0 Å². The molecule has 0 nitrogen and oxygen atoms in total. The lowest BCUT2D eigenvalue weighted by Gasteiger charge is -1.84. The summed E-state index contributed by atoms with van der Waals surface area (Å²) >= 11 is 6.48. The van der Waals surface area contributed by atoms with E-state index in [0.717, 1.165) is 9.95 Å². The number of rotatable bonds is 1. The molecule has 0 saturated carbocycles. The van der Waals surface area contributed by atoms with Crippen molar-refractivity contribution in [1.82, 2.24) is 0 Å². The topological polar surface area (TPSA) is 0 Å². The highest BCUT2D eigenvalue weighted by Gasteiger charge is 1.78. The number of thiocarbonyl (C=S) groups is 1. The van der Waals surface area contributed by atoms with Gasteiger partial charge in [-0.3, -0.25) is 0 Å². The van der Waals surface area contributed by atoms with Gasteiger partial charge in [0.25, 0.3) is 0 Å². The Bertz CT molecular complexity index is 180. The van der Waals surface area contributed by atoms with Crippen LogP contribution in [0.3, 0.4) is 0 Å². The summed E-state index contributed by atoms with van der Waals surface area (Å²) in [5.41, 5.74) is 0. The van der Waals surface area contributed by atoms with Gasteiger partial charge in [0, 0.05) is 4.20 Å². The van der Waals surface area contributed by atoms with Gasteiger partial charge in [0.15, 0.2) is 0 Å². The molecule has 0 aromatic heterocycles. The predicted octanol–water partition coefficient (Wildman–Crippen LogP) is 5.19. The molecule has 0 amide bonds. The Balaban J connectivity index is 0. The van der Waals surface area contributed by atoms with Crippen molar-refractivity contribution in [1.29, 1.82) is 0 Å². The maximum Gasteiger partial charge on any atom is 0.0447 e. The molecule has 1 aromatic rings. The van der Waals surface area contributed by atoms with Crippen LogP contribution in [0.25, 0.3) is 0 Å². The third-order valence-corrected chi connectivity index (χ3v) is 2.06. The summed E-state index contributed by atoms with van der Waals surface area (Å²) in [7, 11) is 0. The smallest absolute Gasteiger partial charge is 0.0447 e. The van der Waals surface area contributed by atoms with E-state index in [4.69, 9.17) is 12.2 Å². The first-order valence-corrected chi connectivity index (χ1v) is 6.71. The van der Waals surface area contributed by atoms with Crippen molar-refractivity contribution in [3.63, 3.8) is 0 Å². The molecule has 0 unspecified atom stereocenters. The first kappa shape index (κ1) is 17.1. The summed E-state index contributed by atoms with van der Waals surface area (Å²) in [6.45, 7) is 8.30. The van der Waals surface area contributed by atoms with E-state index in [1.807, 2.05) is 43.3 Å². The van der Waals surface area contributed by atoms with Gasteiger partial charge in [0.05, 0.1) is 0 Å². The minimum absolute atomic E-state index is 1.04. The summed E-state index contributed by atoms with van der Waals surface area (Å²) in [5, 5.41) is 0. The fourth-order valence-electron chi connectivity index (χ4n) is 0.588. The van der Waals surface area contributed by atoms with Crippen molar-refractivity contribution in [2.75, 3.05) is 5.75 Å². The molecule has 0 spiro atoms. The van der Waals surface area contributed by atoms with Gasteiger partial charge >= 0.3 is 0 Å². The number of thioether (sulfide) groups is 1. The molecule has 86 valence electrons. The standard InChI is InChI=1S/C6H6.C4H8S2.C3H8/c1-2-4-6-5-3-1;1-3-6-4(2)5;1-3-2/h1-6H;3H2,1-2H3;3H2,1-2H3. The van der Waals surface area contributed by atoms with E-state index in [9.17, 15) is 0 Å². The van der Waals surface area contributed by atoms with E-state index in [0.29, 0.717) is 0 Å². The highest BCUT2D eigenvalue weighted by Crippen LogP contribution is 1.99. The van der Waals surface area contributed by atoms with Gasteiger partial charge in [-0.25, -0.2) is 0 Å². The lowest BCUT2D eigenvalue weighted by molar-refractivity contribution is 1.09. The molecule has 0 aliphatic rings. The summed E-state index contributed by atoms with van der Waals surface area (Å²) in [4.78, 5) is 0. The highest BCUT2D eigenvalue weighted by molar-refractivity contribution is 8.23. The van der Waals surface area contributed by atoms with Crippen molar-refractivity contribution in [3.8, 4) is 0 Å². The summed E-state index contributed by atoms with van der Waals surface area (Å²) in [6.07, 6.45) is 1.25. The monoisotopic (exact) mass is 242 g/mol. The minimum atomic E-state index is 1.04. The van der Waals surface area contributed by atoms with Gasteiger partial charge in [0.1, 0.15) is 0 Å². The normalized spacial score (nSPS) is 7.73. The van der Waals surface area contributed by atoms with E-state index >= 15 is 0 Å². The second kappa shape index (κ2) is 16.1. The second-order valence-corrected chi connectivity index (χ2v) is 5.14. The van der Waals surface area contributed by atoms with Crippen molar-refractivity contribution >= 4 is 28.2 Å². The van der Waals surface area contributed by atoms with Crippen LogP contribution >= 0.6 is 24.0 Å². The first-order chi connectivity index (χ1) is 7.18. The zero-order valence-corrected chi connectivity index (χ0v) is 11.8.